The predicted molar refractivity (Wildman–Crippen MR) is 48.8 cm³/mol. The van der Waals surface area contributed by atoms with Crippen molar-refractivity contribution in [2.45, 2.75) is 0 Å². The van der Waals surface area contributed by atoms with Gasteiger partial charge in [0.15, 0.2) is 0 Å². The summed E-state index contributed by atoms with van der Waals surface area (Å²) in [5, 5.41) is 11.2. The average molecular weight is 195 g/mol. The number of nitrogens with one attached hydrogen (secondary N) is 1. The van der Waals surface area contributed by atoms with Gasteiger partial charge in [-0.05, 0) is 24.3 Å². The number of rotatable bonds is 1. The first-order chi connectivity index (χ1) is 6.63. The zero-order valence-corrected chi connectivity index (χ0v) is 7.48. The zero-order chi connectivity index (χ0) is 10.6. The Morgan fingerprint density at radius 1 is 1.29 bits per heavy atom. The van der Waals surface area contributed by atoms with Crippen molar-refractivity contribution in [1.82, 2.24) is 0 Å². The van der Waals surface area contributed by atoms with E-state index in [2.05, 4.69) is 10.1 Å². The molecule has 0 spiro atoms. The average Bonchev–Trinajstić information content (AvgIpc) is 2.20. The van der Waals surface area contributed by atoms with Crippen LogP contribution in [0.3, 0.4) is 0 Å². The summed E-state index contributed by atoms with van der Waals surface area (Å²) in [6, 6.07) is 5.73. The number of methoxy groups -OCH3 is 1. The van der Waals surface area contributed by atoms with Gasteiger partial charge in [0.05, 0.1) is 7.11 Å². The van der Waals surface area contributed by atoms with Gasteiger partial charge in [-0.1, -0.05) is 0 Å². The van der Waals surface area contributed by atoms with Gasteiger partial charge in [0.1, 0.15) is 5.75 Å². The fourth-order valence-corrected chi connectivity index (χ4v) is 0.820. The molecule has 14 heavy (non-hydrogen) atoms. The summed E-state index contributed by atoms with van der Waals surface area (Å²) in [5.41, 5.74) is 0.415. The van der Waals surface area contributed by atoms with Crippen molar-refractivity contribution in [3.63, 3.8) is 0 Å². The van der Waals surface area contributed by atoms with Crippen LogP contribution < -0.4 is 5.32 Å². The lowest BCUT2D eigenvalue weighted by Gasteiger charge is -2.02. The monoisotopic (exact) mass is 195 g/mol. The molecule has 0 bridgehead atoms. The number of hydrogen-bond donors (Lipinski definition) is 2. The second kappa shape index (κ2) is 4.27. The summed E-state index contributed by atoms with van der Waals surface area (Å²) in [4.78, 5) is 21.7. The van der Waals surface area contributed by atoms with Crippen molar-refractivity contribution in [2.75, 3.05) is 12.4 Å². The third-order valence-corrected chi connectivity index (χ3v) is 1.50. The van der Waals surface area contributed by atoms with Gasteiger partial charge >= 0.3 is 11.9 Å². The summed E-state index contributed by atoms with van der Waals surface area (Å²) in [6.45, 7) is 0. The molecule has 0 fully saturated rings. The lowest BCUT2D eigenvalue weighted by Crippen LogP contribution is -2.23. The first kappa shape index (κ1) is 10.0. The van der Waals surface area contributed by atoms with Gasteiger partial charge in [0.25, 0.3) is 0 Å². The Bertz CT molecular complexity index is 344. The molecular formula is C9H9NO4. The molecular weight excluding hydrogens is 186 g/mol. The first-order valence-electron chi connectivity index (χ1n) is 3.82. The Balaban J connectivity index is 2.65. The van der Waals surface area contributed by atoms with Crippen LogP contribution in [-0.4, -0.2) is 24.1 Å². The molecule has 1 rings (SSSR count). The van der Waals surface area contributed by atoms with Crippen LogP contribution in [0.2, 0.25) is 0 Å². The van der Waals surface area contributed by atoms with Gasteiger partial charge in [-0.25, -0.2) is 4.79 Å². The van der Waals surface area contributed by atoms with Gasteiger partial charge in [-0.15, -0.1) is 0 Å². The molecule has 1 amide bonds. The normalized spacial score (nSPS) is 9.21. The van der Waals surface area contributed by atoms with Crippen molar-refractivity contribution in [3.8, 4) is 5.75 Å². The molecule has 0 heterocycles. The van der Waals surface area contributed by atoms with E-state index in [-0.39, 0.29) is 5.75 Å². The van der Waals surface area contributed by atoms with Crippen LogP contribution in [0.4, 0.5) is 5.69 Å². The Kier molecular flexibility index (Phi) is 3.06. The SMILES string of the molecule is COC(=O)C(=O)Nc1ccc(O)cc1. The quantitative estimate of drug-likeness (QED) is 0.389. The third kappa shape index (κ3) is 2.48. The van der Waals surface area contributed by atoms with Gasteiger partial charge in [0, 0.05) is 5.69 Å². The van der Waals surface area contributed by atoms with E-state index >= 15 is 0 Å². The van der Waals surface area contributed by atoms with E-state index in [9.17, 15) is 9.59 Å². The van der Waals surface area contributed by atoms with E-state index in [1.54, 1.807) is 0 Å². The molecule has 0 saturated heterocycles. The van der Waals surface area contributed by atoms with Crippen molar-refractivity contribution >= 4 is 17.6 Å². The number of aromatic hydroxyl groups is 1. The Morgan fingerprint density at radius 2 is 1.86 bits per heavy atom. The largest absolute Gasteiger partial charge is 0.508 e. The molecule has 0 saturated carbocycles. The fourth-order valence-electron chi connectivity index (χ4n) is 0.820. The number of benzene rings is 1. The summed E-state index contributed by atoms with van der Waals surface area (Å²) in [7, 11) is 1.12. The number of carbonyl (C=O) groups excluding carboxylic acids is 2. The second-order valence-corrected chi connectivity index (χ2v) is 2.49. The highest BCUT2D eigenvalue weighted by Crippen LogP contribution is 2.13. The molecule has 0 aliphatic rings. The molecule has 5 heteroatoms. The van der Waals surface area contributed by atoms with Crippen LogP contribution in [-0.2, 0) is 14.3 Å². The number of esters is 1. The van der Waals surface area contributed by atoms with E-state index in [1.165, 1.54) is 24.3 Å². The maximum absolute atomic E-state index is 11.0. The van der Waals surface area contributed by atoms with Crippen molar-refractivity contribution < 1.29 is 19.4 Å². The third-order valence-electron chi connectivity index (χ3n) is 1.50. The van der Waals surface area contributed by atoms with E-state index in [1.807, 2.05) is 0 Å². The van der Waals surface area contributed by atoms with E-state index in [4.69, 9.17) is 5.11 Å². The highest BCUT2D eigenvalue weighted by molar-refractivity contribution is 6.37. The van der Waals surface area contributed by atoms with Crippen molar-refractivity contribution in [3.05, 3.63) is 24.3 Å². The summed E-state index contributed by atoms with van der Waals surface area (Å²) in [6.07, 6.45) is 0. The molecule has 74 valence electrons. The molecule has 0 aliphatic heterocycles. The smallest absolute Gasteiger partial charge is 0.396 e. The number of amides is 1. The number of carbonyl (C=O) groups is 2. The Morgan fingerprint density at radius 3 is 2.36 bits per heavy atom. The minimum atomic E-state index is -0.960. The molecule has 5 nitrogen and oxygen atoms in total. The second-order valence-electron chi connectivity index (χ2n) is 2.49. The summed E-state index contributed by atoms with van der Waals surface area (Å²) in [5.74, 6) is -1.72. The topological polar surface area (TPSA) is 75.6 Å². The molecule has 0 atom stereocenters. The zero-order valence-electron chi connectivity index (χ0n) is 7.48. The fraction of sp³-hybridized carbons (Fsp3) is 0.111. The van der Waals surface area contributed by atoms with E-state index in [0.717, 1.165) is 7.11 Å². The van der Waals surface area contributed by atoms with Crippen LogP contribution in [0.5, 0.6) is 5.75 Å². The lowest BCUT2D eigenvalue weighted by atomic mass is 10.3. The highest BCUT2D eigenvalue weighted by atomic mass is 16.5. The lowest BCUT2D eigenvalue weighted by molar-refractivity contribution is -0.150. The van der Waals surface area contributed by atoms with Gasteiger partial charge < -0.3 is 15.2 Å². The Labute approximate surface area is 80.3 Å². The molecule has 0 radical (unpaired) electrons. The molecule has 0 aliphatic carbocycles. The minimum absolute atomic E-state index is 0.0843. The highest BCUT2D eigenvalue weighted by Gasteiger charge is 2.13. The standard InChI is InChI=1S/C9H9NO4/c1-14-9(13)8(12)10-6-2-4-7(11)5-3-6/h2-5,11H,1H3,(H,10,12). The number of phenolic OH excluding ortho intramolecular Hbond substituents is 1. The summed E-state index contributed by atoms with van der Waals surface area (Å²) < 4.78 is 4.21. The molecule has 2 N–H and O–H groups in total. The van der Waals surface area contributed by atoms with Crippen LogP contribution in [0.15, 0.2) is 24.3 Å². The van der Waals surface area contributed by atoms with Gasteiger partial charge in [-0.2, -0.15) is 0 Å². The summed E-state index contributed by atoms with van der Waals surface area (Å²) >= 11 is 0. The van der Waals surface area contributed by atoms with E-state index < -0.39 is 11.9 Å². The van der Waals surface area contributed by atoms with E-state index in [0.29, 0.717) is 5.69 Å². The number of ether oxygens (including phenoxy) is 1. The first-order valence-corrected chi connectivity index (χ1v) is 3.82. The maximum Gasteiger partial charge on any atom is 0.396 e. The van der Waals surface area contributed by atoms with Gasteiger partial charge in [-0.3, -0.25) is 4.79 Å². The van der Waals surface area contributed by atoms with Crippen molar-refractivity contribution in [2.24, 2.45) is 0 Å². The minimum Gasteiger partial charge on any atom is -0.508 e. The Hall–Kier alpha value is -2.04. The van der Waals surface area contributed by atoms with Crippen molar-refractivity contribution in [1.29, 1.82) is 0 Å². The molecule has 1 aromatic carbocycles. The number of phenols is 1. The number of anilines is 1. The maximum atomic E-state index is 11.0. The number of hydrogen-bond acceptors (Lipinski definition) is 4. The van der Waals surface area contributed by atoms with Crippen LogP contribution >= 0.6 is 0 Å². The van der Waals surface area contributed by atoms with Crippen LogP contribution in [0.25, 0.3) is 0 Å². The van der Waals surface area contributed by atoms with Gasteiger partial charge in [0.2, 0.25) is 0 Å². The van der Waals surface area contributed by atoms with Crippen LogP contribution in [0, 0.1) is 0 Å². The molecule has 0 aromatic heterocycles. The molecule has 0 unspecified atom stereocenters. The molecule has 1 aromatic rings. The predicted octanol–water partition coefficient (Wildman–Crippen LogP) is 0.504. The van der Waals surface area contributed by atoms with Crippen LogP contribution in [0.1, 0.15) is 0 Å².